The summed E-state index contributed by atoms with van der Waals surface area (Å²) in [7, 11) is -4.00. The Morgan fingerprint density at radius 3 is 2.42 bits per heavy atom. The third-order valence-corrected chi connectivity index (χ3v) is 9.17. The van der Waals surface area contributed by atoms with Gasteiger partial charge in [-0.1, -0.05) is 32.9 Å². The van der Waals surface area contributed by atoms with Crippen molar-refractivity contribution in [3.63, 3.8) is 0 Å². The Morgan fingerprint density at radius 2 is 1.90 bits per heavy atom. The first-order valence-corrected chi connectivity index (χ1v) is 11.8. The summed E-state index contributed by atoms with van der Waals surface area (Å²) in [6, 6.07) is 4.51. The SMILES string of the molecule is CCN(CC(=O)Nc1ccccc1C(F)(F)F)S(=O)(=O)CC12CCC(CC1=O)C2(C)C. The van der Waals surface area contributed by atoms with Gasteiger partial charge in [0.1, 0.15) is 5.78 Å². The van der Waals surface area contributed by atoms with Gasteiger partial charge in [0.05, 0.1) is 23.5 Å². The maximum atomic E-state index is 13.2. The summed E-state index contributed by atoms with van der Waals surface area (Å²) < 4.78 is 66.7. The number of benzene rings is 1. The Kier molecular flexibility index (Phi) is 6.03. The van der Waals surface area contributed by atoms with Crippen molar-refractivity contribution < 1.29 is 31.2 Å². The largest absolute Gasteiger partial charge is 0.418 e. The van der Waals surface area contributed by atoms with Crippen molar-refractivity contribution in [3.8, 4) is 0 Å². The summed E-state index contributed by atoms with van der Waals surface area (Å²) in [4.78, 5) is 25.1. The number of sulfonamides is 1. The number of alkyl halides is 3. The quantitative estimate of drug-likeness (QED) is 0.673. The Morgan fingerprint density at radius 1 is 1.26 bits per heavy atom. The number of anilines is 1. The number of nitrogens with zero attached hydrogens (tertiary/aromatic N) is 1. The lowest BCUT2D eigenvalue weighted by Gasteiger charge is -2.37. The van der Waals surface area contributed by atoms with Gasteiger partial charge in [-0.25, -0.2) is 8.42 Å². The third-order valence-electron chi connectivity index (χ3n) is 7.14. The molecule has 3 rings (SSSR count). The van der Waals surface area contributed by atoms with Gasteiger partial charge in [-0.05, 0) is 36.3 Å². The van der Waals surface area contributed by atoms with E-state index >= 15 is 0 Å². The lowest BCUT2D eigenvalue weighted by molar-refractivity contribution is -0.137. The van der Waals surface area contributed by atoms with Crippen LogP contribution >= 0.6 is 0 Å². The first-order chi connectivity index (χ1) is 14.2. The lowest BCUT2D eigenvalue weighted by Crippen LogP contribution is -2.48. The highest BCUT2D eigenvalue weighted by Crippen LogP contribution is 2.64. The third kappa shape index (κ3) is 4.11. The second-order valence-electron chi connectivity index (χ2n) is 8.94. The van der Waals surface area contributed by atoms with E-state index in [1.165, 1.54) is 12.1 Å². The second-order valence-corrected chi connectivity index (χ2v) is 10.9. The molecule has 2 atom stereocenters. The molecule has 1 amide bonds. The molecule has 6 nitrogen and oxygen atoms in total. The van der Waals surface area contributed by atoms with Crippen molar-refractivity contribution in [2.75, 3.05) is 24.2 Å². The molecule has 1 aromatic carbocycles. The van der Waals surface area contributed by atoms with Gasteiger partial charge in [-0.3, -0.25) is 9.59 Å². The molecule has 172 valence electrons. The number of Topliss-reactive ketones (excluding diaryl/α,β-unsaturated/α-hetero) is 1. The van der Waals surface area contributed by atoms with Crippen LogP contribution in [0.1, 0.15) is 45.6 Å². The lowest BCUT2D eigenvalue weighted by atomic mass is 9.70. The fourth-order valence-corrected chi connectivity index (χ4v) is 7.30. The maximum absolute atomic E-state index is 13.2. The fourth-order valence-electron chi connectivity index (χ4n) is 5.11. The minimum atomic E-state index is -4.66. The van der Waals surface area contributed by atoms with Crippen LogP contribution < -0.4 is 5.32 Å². The standard InChI is InChI=1S/C21H27F3N2O4S/c1-4-26(12-18(28)25-16-8-6-5-7-15(16)21(22,23)24)31(29,30)13-20-10-9-14(11-17(20)27)19(20,2)3/h5-8,14H,4,9-13H2,1-3H3,(H,25,28). The first-order valence-electron chi connectivity index (χ1n) is 10.2. The van der Waals surface area contributed by atoms with Crippen molar-refractivity contribution >= 4 is 27.4 Å². The highest BCUT2D eigenvalue weighted by atomic mass is 32.2. The molecule has 2 bridgehead atoms. The summed E-state index contributed by atoms with van der Waals surface area (Å²) in [5.74, 6) is -1.17. The van der Waals surface area contributed by atoms with E-state index in [-0.39, 0.29) is 24.0 Å². The number of carbonyl (C=O) groups excluding carboxylic acids is 2. The molecule has 1 N–H and O–H groups in total. The molecular weight excluding hydrogens is 433 g/mol. The topological polar surface area (TPSA) is 83.6 Å². The van der Waals surface area contributed by atoms with Crippen LogP contribution in [0.3, 0.4) is 0 Å². The Bertz CT molecular complexity index is 991. The van der Waals surface area contributed by atoms with Crippen molar-refractivity contribution in [3.05, 3.63) is 29.8 Å². The molecule has 2 saturated carbocycles. The number of carbonyl (C=O) groups is 2. The van der Waals surface area contributed by atoms with Crippen LogP contribution in [0.15, 0.2) is 24.3 Å². The molecule has 0 radical (unpaired) electrons. The number of hydrogen-bond donors (Lipinski definition) is 1. The van der Waals surface area contributed by atoms with E-state index in [2.05, 4.69) is 5.32 Å². The number of para-hydroxylation sites is 1. The molecule has 1 aromatic rings. The average Bonchev–Trinajstić information content (AvgIpc) is 2.99. The normalized spacial score (nSPS) is 25.3. The number of likely N-dealkylation sites (N-methyl/N-ethyl adjacent to an activating group) is 1. The smallest absolute Gasteiger partial charge is 0.324 e. The van der Waals surface area contributed by atoms with Crippen LogP contribution in [-0.2, 0) is 25.8 Å². The molecule has 31 heavy (non-hydrogen) atoms. The zero-order valence-corrected chi connectivity index (χ0v) is 18.6. The van der Waals surface area contributed by atoms with Gasteiger partial charge in [0.15, 0.2) is 0 Å². The summed E-state index contributed by atoms with van der Waals surface area (Å²) in [5, 5.41) is 2.17. The predicted molar refractivity (Wildman–Crippen MR) is 110 cm³/mol. The fraction of sp³-hybridized carbons (Fsp3) is 0.619. The van der Waals surface area contributed by atoms with Crippen molar-refractivity contribution in [2.24, 2.45) is 16.7 Å². The molecule has 0 aromatic heterocycles. The van der Waals surface area contributed by atoms with Gasteiger partial charge < -0.3 is 5.32 Å². The summed E-state index contributed by atoms with van der Waals surface area (Å²) in [6.07, 6.45) is -3.02. The molecule has 0 heterocycles. The molecule has 10 heteroatoms. The van der Waals surface area contributed by atoms with Crippen molar-refractivity contribution in [2.45, 2.75) is 46.2 Å². The monoisotopic (exact) mass is 460 g/mol. The van der Waals surface area contributed by atoms with Crippen LogP contribution in [-0.4, -0.2) is 43.3 Å². The van der Waals surface area contributed by atoms with E-state index in [0.29, 0.717) is 12.8 Å². The van der Waals surface area contributed by atoms with E-state index in [9.17, 15) is 31.2 Å². The van der Waals surface area contributed by atoms with E-state index in [1.807, 2.05) is 13.8 Å². The highest BCUT2D eigenvalue weighted by Gasteiger charge is 2.65. The summed E-state index contributed by atoms with van der Waals surface area (Å²) in [5.41, 5.74) is -2.88. The number of fused-ring (bicyclic) bond motifs is 2. The Balaban J connectivity index is 1.77. The number of ketones is 1. The van der Waals surface area contributed by atoms with Gasteiger partial charge in [0.25, 0.3) is 0 Å². The molecular formula is C21H27F3N2O4S. The van der Waals surface area contributed by atoms with Gasteiger partial charge in [0, 0.05) is 18.4 Å². The number of rotatable bonds is 7. The van der Waals surface area contributed by atoms with Gasteiger partial charge in [-0.15, -0.1) is 0 Å². The highest BCUT2D eigenvalue weighted by molar-refractivity contribution is 7.89. The van der Waals surface area contributed by atoms with Crippen LogP contribution in [0.5, 0.6) is 0 Å². The maximum Gasteiger partial charge on any atom is 0.418 e. The first kappa shape index (κ1) is 23.7. The van der Waals surface area contributed by atoms with E-state index in [0.717, 1.165) is 22.9 Å². The van der Waals surface area contributed by atoms with Crippen LogP contribution in [0.25, 0.3) is 0 Å². The van der Waals surface area contributed by atoms with Crippen LogP contribution in [0.2, 0.25) is 0 Å². The minimum Gasteiger partial charge on any atom is -0.324 e. The van der Waals surface area contributed by atoms with E-state index < -0.39 is 50.7 Å². The zero-order chi connectivity index (χ0) is 23.2. The Hall–Kier alpha value is -1.94. The predicted octanol–water partition coefficient (Wildman–Crippen LogP) is 3.69. The van der Waals surface area contributed by atoms with Crippen molar-refractivity contribution in [1.29, 1.82) is 0 Å². The van der Waals surface area contributed by atoms with E-state index in [4.69, 9.17) is 0 Å². The molecule has 2 unspecified atom stereocenters. The Labute approximate surface area is 180 Å². The van der Waals surface area contributed by atoms with Crippen LogP contribution in [0, 0.1) is 16.7 Å². The molecule has 2 fully saturated rings. The average molecular weight is 461 g/mol. The molecule has 0 spiro atoms. The number of hydrogen-bond acceptors (Lipinski definition) is 4. The summed E-state index contributed by atoms with van der Waals surface area (Å²) in [6.45, 7) is 4.72. The molecule has 0 aliphatic heterocycles. The number of halogens is 3. The second kappa shape index (κ2) is 7.88. The van der Waals surface area contributed by atoms with Crippen LogP contribution in [0.4, 0.5) is 18.9 Å². The summed E-state index contributed by atoms with van der Waals surface area (Å²) >= 11 is 0. The minimum absolute atomic E-state index is 0.0369. The number of nitrogens with one attached hydrogen (secondary N) is 1. The van der Waals surface area contributed by atoms with E-state index in [1.54, 1.807) is 6.92 Å². The molecule has 2 aliphatic carbocycles. The zero-order valence-electron chi connectivity index (χ0n) is 17.8. The van der Waals surface area contributed by atoms with Gasteiger partial charge in [0.2, 0.25) is 15.9 Å². The van der Waals surface area contributed by atoms with Crippen molar-refractivity contribution in [1.82, 2.24) is 4.31 Å². The number of amides is 1. The molecule has 0 saturated heterocycles. The van der Waals surface area contributed by atoms with Gasteiger partial charge in [-0.2, -0.15) is 17.5 Å². The van der Waals surface area contributed by atoms with Gasteiger partial charge >= 0.3 is 6.18 Å². The molecule has 2 aliphatic rings.